The van der Waals surface area contributed by atoms with Gasteiger partial charge in [0.25, 0.3) is 0 Å². The summed E-state index contributed by atoms with van der Waals surface area (Å²) >= 11 is 0. The first-order valence-electron chi connectivity index (χ1n) is 3.73. The molecule has 1 N–H and O–H groups in total. The van der Waals surface area contributed by atoms with Gasteiger partial charge in [-0.1, -0.05) is 32.6 Å². The maximum Gasteiger partial charge on any atom is 0.243 e. The Balaban J connectivity index is 3.53. The van der Waals surface area contributed by atoms with E-state index >= 15 is 0 Å². The van der Waals surface area contributed by atoms with Gasteiger partial charge in [0.2, 0.25) is 5.91 Å². The maximum absolute atomic E-state index is 10.9. The zero-order valence-electron chi connectivity index (χ0n) is 7.13. The number of hydrogen-bond donors (Lipinski definition) is 1. The van der Waals surface area contributed by atoms with E-state index in [1.807, 2.05) is 0 Å². The minimum absolute atomic E-state index is 0.0569. The Hall–Kier alpha value is -1.05. The third kappa shape index (κ3) is 6.84. The van der Waals surface area contributed by atoms with E-state index in [0.29, 0.717) is 5.92 Å². The highest BCUT2D eigenvalue weighted by molar-refractivity contribution is 5.87. The van der Waals surface area contributed by atoms with Gasteiger partial charge in [-0.2, -0.15) is 0 Å². The van der Waals surface area contributed by atoms with Gasteiger partial charge in [-0.3, -0.25) is 4.79 Å². The molecule has 0 unspecified atom stereocenters. The molecule has 0 aromatic carbocycles. The van der Waals surface area contributed by atoms with Crippen molar-refractivity contribution >= 4 is 5.91 Å². The zero-order valence-corrected chi connectivity index (χ0v) is 7.13. The molecule has 0 atom stereocenters. The van der Waals surface area contributed by atoms with Gasteiger partial charge in [0.1, 0.15) is 0 Å². The first-order chi connectivity index (χ1) is 5.16. The van der Waals surface area contributed by atoms with Crippen LogP contribution in [0.3, 0.4) is 0 Å². The van der Waals surface area contributed by atoms with Crippen LogP contribution in [0, 0.1) is 5.92 Å². The monoisotopic (exact) mass is 153 g/mol. The summed E-state index contributed by atoms with van der Waals surface area (Å²) in [5.74, 6) is 0.440. The summed E-state index contributed by atoms with van der Waals surface area (Å²) in [4.78, 5) is 10.9. The molecule has 2 heteroatoms. The largest absolute Gasteiger partial charge is 0.352 e. The summed E-state index contributed by atoms with van der Waals surface area (Å²) in [5.41, 5.74) is 0. The second-order valence-corrected chi connectivity index (χ2v) is 2.73. The number of allylic oxidation sites excluding steroid dienone is 2. The van der Waals surface area contributed by atoms with E-state index in [4.69, 9.17) is 0 Å². The Bertz CT molecular complexity index is 159. The molecule has 0 heterocycles. The Kier molecular flexibility index (Phi) is 5.17. The fourth-order valence-electron chi connectivity index (χ4n) is 0.519. The number of rotatable bonds is 4. The van der Waals surface area contributed by atoms with Crippen LogP contribution in [0.25, 0.3) is 0 Å². The van der Waals surface area contributed by atoms with Crippen molar-refractivity contribution in [3.8, 4) is 0 Å². The van der Waals surface area contributed by atoms with Crippen LogP contribution in [0.5, 0.6) is 0 Å². The van der Waals surface area contributed by atoms with Crippen LogP contribution in [0.4, 0.5) is 0 Å². The molecule has 0 saturated heterocycles. The van der Waals surface area contributed by atoms with Crippen LogP contribution in [-0.4, -0.2) is 12.5 Å². The van der Waals surface area contributed by atoms with Gasteiger partial charge in [0.15, 0.2) is 0 Å². The summed E-state index contributed by atoms with van der Waals surface area (Å²) in [6.45, 7) is 8.29. The molecule has 0 spiro atoms. The summed E-state index contributed by atoms with van der Waals surface area (Å²) < 4.78 is 0. The van der Waals surface area contributed by atoms with Crippen LogP contribution in [-0.2, 0) is 4.79 Å². The average molecular weight is 153 g/mol. The van der Waals surface area contributed by atoms with E-state index in [1.54, 1.807) is 12.2 Å². The summed E-state index contributed by atoms with van der Waals surface area (Å²) in [7, 11) is 0. The molecule has 0 aliphatic heterocycles. The fourth-order valence-corrected chi connectivity index (χ4v) is 0.519. The molecule has 11 heavy (non-hydrogen) atoms. The van der Waals surface area contributed by atoms with Crippen LogP contribution in [0.15, 0.2) is 24.8 Å². The Morgan fingerprint density at radius 2 is 2.27 bits per heavy atom. The van der Waals surface area contributed by atoms with Crippen molar-refractivity contribution in [1.82, 2.24) is 5.32 Å². The highest BCUT2D eigenvalue weighted by Crippen LogP contribution is 1.86. The smallest absolute Gasteiger partial charge is 0.243 e. The third-order valence-electron chi connectivity index (χ3n) is 1.07. The van der Waals surface area contributed by atoms with Crippen molar-refractivity contribution < 1.29 is 4.79 Å². The van der Waals surface area contributed by atoms with E-state index in [2.05, 4.69) is 25.7 Å². The van der Waals surface area contributed by atoms with Gasteiger partial charge in [0, 0.05) is 12.6 Å². The standard InChI is InChI=1S/C9H15NO/c1-4-5-6-9(11)10-7-8(2)3/h4-6,8H,1,7H2,2-3H3,(H,10,11). The topological polar surface area (TPSA) is 29.1 Å². The van der Waals surface area contributed by atoms with E-state index < -0.39 is 0 Å². The van der Waals surface area contributed by atoms with Crippen molar-refractivity contribution in [3.63, 3.8) is 0 Å². The molecular weight excluding hydrogens is 138 g/mol. The molecule has 0 aromatic rings. The lowest BCUT2D eigenvalue weighted by molar-refractivity contribution is -0.116. The van der Waals surface area contributed by atoms with Gasteiger partial charge < -0.3 is 5.32 Å². The first-order valence-corrected chi connectivity index (χ1v) is 3.73. The van der Waals surface area contributed by atoms with Crippen LogP contribution in [0.2, 0.25) is 0 Å². The first kappa shape index (κ1) is 9.95. The normalized spacial score (nSPS) is 10.5. The minimum atomic E-state index is -0.0569. The molecule has 1 amide bonds. The molecule has 0 rings (SSSR count). The predicted molar refractivity (Wildman–Crippen MR) is 47.2 cm³/mol. The fraction of sp³-hybridized carbons (Fsp3) is 0.444. The van der Waals surface area contributed by atoms with Crippen molar-refractivity contribution in [2.45, 2.75) is 13.8 Å². The lowest BCUT2D eigenvalue weighted by atomic mass is 10.2. The molecule has 0 fully saturated rings. The van der Waals surface area contributed by atoms with Gasteiger partial charge >= 0.3 is 0 Å². The second-order valence-electron chi connectivity index (χ2n) is 2.73. The number of amides is 1. The van der Waals surface area contributed by atoms with E-state index in [0.717, 1.165) is 6.54 Å². The number of carbonyl (C=O) groups is 1. The van der Waals surface area contributed by atoms with Crippen LogP contribution < -0.4 is 5.32 Å². The number of carbonyl (C=O) groups excluding carboxylic acids is 1. The van der Waals surface area contributed by atoms with Gasteiger partial charge in [-0.05, 0) is 5.92 Å². The second kappa shape index (κ2) is 5.71. The van der Waals surface area contributed by atoms with Crippen molar-refractivity contribution in [1.29, 1.82) is 0 Å². The quantitative estimate of drug-likeness (QED) is 0.481. The Labute approximate surface area is 68.0 Å². The van der Waals surface area contributed by atoms with Gasteiger partial charge in [-0.25, -0.2) is 0 Å². The molecule has 0 aliphatic carbocycles. The van der Waals surface area contributed by atoms with Crippen molar-refractivity contribution in [2.24, 2.45) is 5.92 Å². The van der Waals surface area contributed by atoms with Crippen LogP contribution in [0.1, 0.15) is 13.8 Å². The molecule has 2 nitrogen and oxygen atoms in total. The lowest BCUT2D eigenvalue weighted by Crippen LogP contribution is -2.25. The lowest BCUT2D eigenvalue weighted by Gasteiger charge is -2.03. The zero-order chi connectivity index (χ0) is 8.69. The summed E-state index contributed by atoms with van der Waals surface area (Å²) in [5, 5.41) is 2.74. The molecule has 62 valence electrons. The SMILES string of the molecule is C=CC=CC(=O)NCC(C)C. The number of hydrogen-bond acceptors (Lipinski definition) is 1. The van der Waals surface area contributed by atoms with E-state index in [9.17, 15) is 4.79 Å². The van der Waals surface area contributed by atoms with E-state index in [-0.39, 0.29) is 5.91 Å². The molecule has 0 bridgehead atoms. The highest BCUT2D eigenvalue weighted by atomic mass is 16.1. The predicted octanol–water partition coefficient (Wildman–Crippen LogP) is 1.50. The highest BCUT2D eigenvalue weighted by Gasteiger charge is 1.95. The van der Waals surface area contributed by atoms with Crippen molar-refractivity contribution in [3.05, 3.63) is 24.8 Å². The maximum atomic E-state index is 10.9. The van der Waals surface area contributed by atoms with Gasteiger partial charge in [0.05, 0.1) is 0 Å². The summed E-state index contributed by atoms with van der Waals surface area (Å²) in [6.07, 6.45) is 4.67. The van der Waals surface area contributed by atoms with E-state index in [1.165, 1.54) is 6.08 Å². The Morgan fingerprint density at radius 1 is 1.64 bits per heavy atom. The third-order valence-corrected chi connectivity index (χ3v) is 1.07. The minimum Gasteiger partial charge on any atom is -0.352 e. The molecular formula is C9H15NO. The summed E-state index contributed by atoms with van der Waals surface area (Å²) in [6, 6.07) is 0. The molecule has 0 radical (unpaired) electrons. The molecule has 0 aromatic heterocycles. The Morgan fingerprint density at radius 3 is 2.73 bits per heavy atom. The molecule has 0 saturated carbocycles. The number of nitrogens with one attached hydrogen (secondary N) is 1. The average Bonchev–Trinajstić information content (AvgIpc) is 1.97. The van der Waals surface area contributed by atoms with Crippen molar-refractivity contribution in [2.75, 3.05) is 6.54 Å². The van der Waals surface area contributed by atoms with Crippen LogP contribution >= 0.6 is 0 Å². The molecule has 0 aliphatic rings. The van der Waals surface area contributed by atoms with Gasteiger partial charge in [-0.15, -0.1) is 0 Å².